The van der Waals surface area contributed by atoms with E-state index in [1.165, 1.54) is 0 Å². The lowest BCUT2D eigenvalue weighted by molar-refractivity contribution is -0.140. The highest BCUT2D eigenvalue weighted by molar-refractivity contribution is 5.82. The minimum absolute atomic E-state index is 0.0352. The molecule has 2 N–H and O–H groups in total. The molecule has 2 aliphatic rings. The first-order valence-electron chi connectivity index (χ1n) is 9.74. The van der Waals surface area contributed by atoms with Gasteiger partial charge in [0.1, 0.15) is 5.75 Å². The van der Waals surface area contributed by atoms with E-state index in [0.717, 1.165) is 67.8 Å². The molecule has 0 saturated carbocycles. The number of methoxy groups -OCH3 is 1. The van der Waals surface area contributed by atoms with Gasteiger partial charge in [-0.2, -0.15) is 5.10 Å². The van der Waals surface area contributed by atoms with E-state index < -0.39 is 0 Å². The van der Waals surface area contributed by atoms with Crippen LogP contribution in [-0.2, 0) is 11.3 Å². The van der Waals surface area contributed by atoms with Crippen molar-refractivity contribution in [1.29, 1.82) is 0 Å². The van der Waals surface area contributed by atoms with Crippen LogP contribution in [0, 0.1) is 5.41 Å². The molecule has 4 rings (SSSR count). The third kappa shape index (κ3) is 3.66. The van der Waals surface area contributed by atoms with Crippen LogP contribution < -0.4 is 4.74 Å². The van der Waals surface area contributed by atoms with Crippen molar-refractivity contribution in [2.24, 2.45) is 5.41 Å². The molecule has 3 heterocycles. The van der Waals surface area contributed by atoms with E-state index >= 15 is 0 Å². The molecule has 0 bridgehead atoms. The third-order valence-corrected chi connectivity index (χ3v) is 6.08. The number of rotatable bonds is 5. The standard InChI is InChI=1S/C20H28N4O3/c1-27-15-3-4-17-16(11-15)18(22-21-17)12-23-8-2-6-20(13-23)7-5-19(26)24(14-20)9-10-25/h3-4,11,25H,2,5-10,12-14H2,1H3,(H,21,22). The molecular formula is C20H28N4O3. The van der Waals surface area contributed by atoms with Gasteiger partial charge in [-0.3, -0.25) is 14.8 Å². The Labute approximate surface area is 159 Å². The molecule has 7 heteroatoms. The first kappa shape index (κ1) is 18.3. The average Bonchev–Trinajstić information content (AvgIpc) is 3.07. The predicted octanol–water partition coefficient (Wildman–Crippen LogP) is 1.77. The molecule has 27 heavy (non-hydrogen) atoms. The van der Waals surface area contributed by atoms with Crippen molar-refractivity contribution in [3.8, 4) is 5.75 Å². The Bertz CT molecular complexity index is 821. The largest absolute Gasteiger partial charge is 0.497 e. The zero-order valence-corrected chi connectivity index (χ0v) is 15.9. The summed E-state index contributed by atoms with van der Waals surface area (Å²) in [6.07, 6.45) is 3.83. The van der Waals surface area contributed by atoms with Crippen LogP contribution in [0.2, 0.25) is 0 Å². The van der Waals surface area contributed by atoms with Crippen LogP contribution in [0.1, 0.15) is 31.4 Å². The fraction of sp³-hybridized carbons (Fsp3) is 0.600. The van der Waals surface area contributed by atoms with Crippen LogP contribution in [0.5, 0.6) is 5.75 Å². The molecule has 1 aromatic carbocycles. The van der Waals surface area contributed by atoms with Crippen molar-refractivity contribution in [3.63, 3.8) is 0 Å². The lowest BCUT2D eigenvalue weighted by Crippen LogP contribution is -2.54. The number of piperidine rings is 2. The monoisotopic (exact) mass is 372 g/mol. The number of hydrogen-bond acceptors (Lipinski definition) is 5. The number of hydrogen-bond donors (Lipinski definition) is 2. The van der Waals surface area contributed by atoms with Crippen LogP contribution in [0.15, 0.2) is 18.2 Å². The summed E-state index contributed by atoms with van der Waals surface area (Å²) in [6.45, 7) is 4.10. The molecule has 2 saturated heterocycles. The summed E-state index contributed by atoms with van der Waals surface area (Å²) < 4.78 is 5.36. The van der Waals surface area contributed by atoms with E-state index in [0.29, 0.717) is 13.0 Å². The molecular weight excluding hydrogens is 344 g/mol. The Morgan fingerprint density at radius 1 is 1.33 bits per heavy atom. The van der Waals surface area contributed by atoms with Crippen molar-refractivity contribution >= 4 is 16.8 Å². The van der Waals surface area contributed by atoms with Crippen LogP contribution in [-0.4, -0.2) is 70.9 Å². The van der Waals surface area contributed by atoms with E-state index in [2.05, 4.69) is 15.1 Å². The first-order valence-corrected chi connectivity index (χ1v) is 9.74. The Kier molecular flexibility index (Phi) is 5.06. The molecule has 1 atom stereocenters. The first-order chi connectivity index (χ1) is 13.1. The van der Waals surface area contributed by atoms with Crippen LogP contribution in [0.4, 0.5) is 0 Å². The van der Waals surface area contributed by atoms with Gasteiger partial charge in [0.05, 0.1) is 24.9 Å². The molecule has 146 valence electrons. The van der Waals surface area contributed by atoms with Gasteiger partial charge >= 0.3 is 0 Å². The predicted molar refractivity (Wildman–Crippen MR) is 102 cm³/mol. The number of nitrogens with one attached hydrogen (secondary N) is 1. The van der Waals surface area contributed by atoms with Gasteiger partial charge in [-0.1, -0.05) is 0 Å². The molecule has 2 aliphatic heterocycles. The number of fused-ring (bicyclic) bond motifs is 1. The molecule has 1 unspecified atom stereocenters. The lowest BCUT2D eigenvalue weighted by atomic mass is 9.73. The maximum absolute atomic E-state index is 12.1. The van der Waals surface area contributed by atoms with Crippen molar-refractivity contribution in [2.75, 3.05) is 39.9 Å². The van der Waals surface area contributed by atoms with Gasteiger partial charge in [0.25, 0.3) is 0 Å². The highest BCUT2D eigenvalue weighted by atomic mass is 16.5. The van der Waals surface area contributed by atoms with Crippen LogP contribution in [0.25, 0.3) is 10.9 Å². The molecule has 2 aromatic rings. The number of aliphatic hydroxyl groups excluding tert-OH is 1. The third-order valence-electron chi connectivity index (χ3n) is 6.08. The molecule has 1 amide bonds. The highest BCUT2D eigenvalue weighted by Gasteiger charge is 2.41. The summed E-state index contributed by atoms with van der Waals surface area (Å²) in [5.74, 6) is 1.02. The van der Waals surface area contributed by atoms with E-state index in [-0.39, 0.29) is 17.9 Å². The minimum atomic E-state index is 0.0352. The number of amides is 1. The van der Waals surface area contributed by atoms with Crippen molar-refractivity contribution in [3.05, 3.63) is 23.9 Å². The van der Waals surface area contributed by atoms with Crippen molar-refractivity contribution in [2.45, 2.75) is 32.2 Å². The van der Waals surface area contributed by atoms with E-state index in [9.17, 15) is 9.90 Å². The van der Waals surface area contributed by atoms with E-state index in [1.807, 2.05) is 23.1 Å². The number of aromatic amines is 1. The number of benzene rings is 1. The second kappa shape index (κ2) is 7.48. The number of H-pyrrole nitrogens is 1. The number of ether oxygens (including phenoxy) is 1. The van der Waals surface area contributed by atoms with Crippen LogP contribution in [0.3, 0.4) is 0 Å². The van der Waals surface area contributed by atoms with Gasteiger partial charge in [0.15, 0.2) is 0 Å². The van der Waals surface area contributed by atoms with Gasteiger partial charge in [-0.05, 0) is 44.0 Å². The minimum Gasteiger partial charge on any atom is -0.497 e. The Morgan fingerprint density at radius 2 is 2.22 bits per heavy atom. The van der Waals surface area contributed by atoms with Crippen molar-refractivity contribution < 1.29 is 14.6 Å². The molecule has 1 aromatic heterocycles. The zero-order chi connectivity index (χ0) is 18.9. The average molecular weight is 372 g/mol. The van der Waals surface area contributed by atoms with E-state index in [1.54, 1.807) is 7.11 Å². The fourth-order valence-electron chi connectivity index (χ4n) is 4.72. The number of carbonyl (C=O) groups is 1. The highest BCUT2D eigenvalue weighted by Crippen LogP contribution is 2.39. The quantitative estimate of drug-likeness (QED) is 0.836. The molecule has 7 nitrogen and oxygen atoms in total. The normalized spacial score (nSPS) is 24.1. The summed E-state index contributed by atoms with van der Waals surface area (Å²) in [5.41, 5.74) is 2.21. The molecule has 0 radical (unpaired) electrons. The van der Waals surface area contributed by atoms with Gasteiger partial charge in [0, 0.05) is 43.4 Å². The van der Waals surface area contributed by atoms with Crippen molar-refractivity contribution in [1.82, 2.24) is 20.0 Å². The number of β-amino-alcohol motifs (C(OH)–C–C–N with tert-alkyl or cyclic N) is 1. The van der Waals surface area contributed by atoms with Gasteiger partial charge < -0.3 is 14.7 Å². The van der Waals surface area contributed by atoms with Gasteiger partial charge in [0.2, 0.25) is 5.91 Å². The smallest absolute Gasteiger partial charge is 0.222 e. The van der Waals surface area contributed by atoms with Gasteiger partial charge in [-0.25, -0.2) is 0 Å². The maximum atomic E-state index is 12.1. The Balaban J connectivity index is 1.50. The summed E-state index contributed by atoms with van der Waals surface area (Å²) in [4.78, 5) is 16.5. The zero-order valence-electron chi connectivity index (χ0n) is 15.9. The number of aliphatic hydroxyl groups is 1. The molecule has 0 aliphatic carbocycles. The SMILES string of the molecule is COc1ccc2n[nH]c(CN3CCCC4(CCC(=O)N(CCO)C4)C3)c2c1. The summed E-state index contributed by atoms with van der Waals surface area (Å²) >= 11 is 0. The second-order valence-electron chi connectivity index (χ2n) is 7.94. The second-order valence-corrected chi connectivity index (χ2v) is 7.94. The van der Waals surface area contributed by atoms with E-state index in [4.69, 9.17) is 4.74 Å². The molecule has 2 fully saturated rings. The lowest BCUT2D eigenvalue weighted by Gasteiger charge is -2.48. The maximum Gasteiger partial charge on any atom is 0.222 e. The fourth-order valence-corrected chi connectivity index (χ4v) is 4.72. The summed E-state index contributed by atoms with van der Waals surface area (Å²) in [7, 11) is 1.68. The number of aromatic nitrogens is 2. The topological polar surface area (TPSA) is 81.7 Å². The van der Waals surface area contributed by atoms with Gasteiger partial charge in [-0.15, -0.1) is 0 Å². The number of nitrogens with zero attached hydrogens (tertiary/aromatic N) is 3. The van der Waals surface area contributed by atoms with Crippen LogP contribution >= 0.6 is 0 Å². The molecule has 1 spiro atoms. The Hall–Kier alpha value is -2.12. The number of carbonyl (C=O) groups excluding carboxylic acids is 1. The number of likely N-dealkylation sites (tertiary alicyclic amines) is 2. The summed E-state index contributed by atoms with van der Waals surface area (Å²) in [6, 6.07) is 5.94. The summed E-state index contributed by atoms with van der Waals surface area (Å²) in [5, 5.41) is 18.0. The Morgan fingerprint density at radius 3 is 3.04 bits per heavy atom.